The minimum atomic E-state index is -0.449. The Hall–Kier alpha value is -1.45. The lowest BCUT2D eigenvalue weighted by atomic mass is 9.92. The fourth-order valence-electron chi connectivity index (χ4n) is 5.41. The lowest BCUT2D eigenvalue weighted by molar-refractivity contribution is 0.235. The van der Waals surface area contributed by atoms with Gasteiger partial charge in [-0.2, -0.15) is 11.8 Å². The summed E-state index contributed by atoms with van der Waals surface area (Å²) >= 11 is 5.18. The lowest BCUT2D eigenvalue weighted by Gasteiger charge is -2.32. The van der Waals surface area contributed by atoms with E-state index in [4.69, 9.17) is 0 Å². The third kappa shape index (κ3) is 5.39. The molecule has 198 valence electrons. The van der Waals surface area contributed by atoms with Gasteiger partial charge in [0, 0.05) is 55.6 Å². The van der Waals surface area contributed by atoms with Crippen molar-refractivity contribution in [2.45, 2.75) is 93.5 Å². The Morgan fingerprint density at radius 1 is 0.861 bits per heavy atom. The zero-order chi connectivity index (χ0) is 26.1. The number of aromatic nitrogens is 2. The van der Waals surface area contributed by atoms with Crippen LogP contribution in [0.2, 0.25) is 0 Å². The summed E-state index contributed by atoms with van der Waals surface area (Å²) in [5.74, 6) is 4.09. The molecule has 2 N–H and O–H groups in total. The lowest BCUT2D eigenvalue weighted by Crippen LogP contribution is -2.38. The van der Waals surface area contributed by atoms with E-state index < -0.39 is 11.1 Å². The van der Waals surface area contributed by atoms with Gasteiger partial charge in [0.2, 0.25) is 0 Å². The van der Waals surface area contributed by atoms with E-state index in [1.54, 1.807) is 44.8 Å². The van der Waals surface area contributed by atoms with Crippen molar-refractivity contribution >= 4 is 35.3 Å². The van der Waals surface area contributed by atoms with Crippen LogP contribution in [-0.2, 0) is 23.9 Å². The maximum absolute atomic E-state index is 12.8. The van der Waals surface area contributed by atoms with Crippen LogP contribution in [0.5, 0.6) is 11.8 Å². The molecule has 0 amide bonds. The van der Waals surface area contributed by atoms with Crippen molar-refractivity contribution in [2.75, 3.05) is 23.0 Å². The number of rotatable bonds is 11. The molecule has 0 aliphatic carbocycles. The summed E-state index contributed by atoms with van der Waals surface area (Å²) in [7, 11) is 0. The molecular formula is C27H38N2O4S3. The minimum Gasteiger partial charge on any atom is -0.494 e. The van der Waals surface area contributed by atoms with Gasteiger partial charge in [-0.1, -0.05) is 6.92 Å². The maximum atomic E-state index is 12.8. The highest BCUT2D eigenvalue weighted by Crippen LogP contribution is 2.40. The van der Waals surface area contributed by atoms with Gasteiger partial charge in [0.15, 0.2) is 11.8 Å². The normalized spacial score (nSPS) is 16.7. The van der Waals surface area contributed by atoms with Crippen molar-refractivity contribution in [1.29, 1.82) is 0 Å². The van der Waals surface area contributed by atoms with Crippen LogP contribution in [0.4, 0.5) is 0 Å². The number of nitrogens with zero attached hydrogens (tertiary/aromatic N) is 2. The fourth-order valence-corrected chi connectivity index (χ4v) is 8.47. The van der Waals surface area contributed by atoms with Crippen LogP contribution in [0, 0.1) is 0 Å². The number of fused-ring (bicyclic) bond motifs is 2. The molecule has 1 atom stereocenters. The molecule has 6 nitrogen and oxygen atoms in total. The van der Waals surface area contributed by atoms with E-state index in [-0.39, 0.29) is 22.9 Å². The maximum Gasteiger partial charge on any atom is 0.254 e. The summed E-state index contributed by atoms with van der Waals surface area (Å²) < 4.78 is 3.21. The SMILES string of the molecule is CCC(C)(CCCSCCCC(C)(C)n1c(O)c2c(cc1=O)SCC2)n1c(O)c2c(cc1=O)SCC2. The van der Waals surface area contributed by atoms with E-state index in [1.165, 1.54) is 0 Å². The van der Waals surface area contributed by atoms with Gasteiger partial charge in [0.25, 0.3) is 11.1 Å². The predicted octanol–water partition coefficient (Wildman–Crippen LogP) is 5.57. The largest absolute Gasteiger partial charge is 0.494 e. The van der Waals surface area contributed by atoms with Gasteiger partial charge < -0.3 is 10.2 Å². The Kier molecular flexibility index (Phi) is 8.52. The average Bonchev–Trinajstić information content (AvgIpc) is 3.48. The molecule has 2 aliphatic heterocycles. The van der Waals surface area contributed by atoms with Crippen molar-refractivity contribution in [3.8, 4) is 11.8 Å². The standard InChI is InChI=1S/C27H38N2O4S3/c1-5-27(4,29-23(31)17-21-19(25(29)33)9-15-36-21)11-7-13-34-12-6-10-26(2,3)28-22(30)16-20-18(24(28)32)8-14-35-20/h16-17,32-33H,5-15H2,1-4H3. The predicted molar refractivity (Wildman–Crippen MR) is 153 cm³/mol. The van der Waals surface area contributed by atoms with Gasteiger partial charge in [-0.05, 0) is 77.2 Å². The molecule has 0 spiro atoms. The molecule has 2 aromatic heterocycles. The second-order valence-electron chi connectivity index (χ2n) is 10.6. The number of pyridine rings is 2. The van der Waals surface area contributed by atoms with Crippen molar-refractivity contribution in [3.05, 3.63) is 44.0 Å². The highest BCUT2D eigenvalue weighted by atomic mass is 32.2. The van der Waals surface area contributed by atoms with E-state index in [0.717, 1.165) is 88.9 Å². The first-order valence-electron chi connectivity index (χ1n) is 12.9. The van der Waals surface area contributed by atoms with Gasteiger partial charge in [0.05, 0.1) is 0 Å². The first kappa shape index (κ1) is 27.6. The Bertz CT molecular complexity index is 1240. The molecule has 9 heteroatoms. The molecule has 0 bridgehead atoms. The van der Waals surface area contributed by atoms with Crippen LogP contribution in [-0.4, -0.2) is 42.4 Å². The minimum absolute atomic E-state index is 0.108. The number of thioether (sulfide) groups is 3. The zero-order valence-electron chi connectivity index (χ0n) is 21.8. The summed E-state index contributed by atoms with van der Waals surface area (Å²) in [4.78, 5) is 27.4. The molecule has 0 saturated heterocycles. The Balaban J connectivity index is 1.29. The van der Waals surface area contributed by atoms with Crippen molar-refractivity contribution < 1.29 is 10.2 Å². The van der Waals surface area contributed by atoms with Gasteiger partial charge in [0.1, 0.15) is 0 Å². The van der Waals surface area contributed by atoms with Crippen LogP contribution in [0.15, 0.2) is 31.5 Å². The Labute approximate surface area is 226 Å². The number of hydrogen-bond acceptors (Lipinski definition) is 7. The van der Waals surface area contributed by atoms with Gasteiger partial charge in [-0.25, -0.2) is 0 Å². The second kappa shape index (κ2) is 11.1. The second-order valence-corrected chi connectivity index (χ2v) is 14.1. The van der Waals surface area contributed by atoms with Crippen LogP contribution in [0.1, 0.15) is 70.9 Å². The molecule has 4 rings (SSSR count). The molecule has 1 unspecified atom stereocenters. The quantitative estimate of drug-likeness (QED) is 0.354. The number of aromatic hydroxyl groups is 2. The molecule has 0 aromatic carbocycles. The van der Waals surface area contributed by atoms with E-state index in [9.17, 15) is 19.8 Å². The highest BCUT2D eigenvalue weighted by Gasteiger charge is 2.31. The average molecular weight is 551 g/mol. The smallest absolute Gasteiger partial charge is 0.254 e. The molecule has 2 aliphatic rings. The first-order chi connectivity index (χ1) is 17.1. The topological polar surface area (TPSA) is 84.5 Å². The monoisotopic (exact) mass is 550 g/mol. The summed E-state index contributed by atoms with van der Waals surface area (Å²) in [6.45, 7) is 8.21. The summed E-state index contributed by atoms with van der Waals surface area (Å²) in [6, 6.07) is 3.37. The fraction of sp³-hybridized carbons (Fsp3) is 0.630. The summed E-state index contributed by atoms with van der Waals surface area (Å²) in [5, 5.41) is 21.7. The van der Waals surface area contributed by atoms with E-state index in [0.29, 0.717) is 0 Å². The van der Waals surface area contributed by atoms with Gasteiger partial charge in [-0.3, -0.25) is 18.7 Å². The van der Waals surface area contributed by atoms with Crippen LogP contribution < -0.4 is 11.1 Å². The van der Waals surface area contributed by atoms with Gasteiger partial charge in [-0.15, -0.1) is 23.5 Å². The van der Waals surface area contributed by atoms with Crippen LogP contribution in [0.25, 0.3) is 0 Å². The Morgan fingerprint density at radius 2 is 1.36 bits per heavy atom. The van der Waals surface area contributed by atoms with Crippen LogP contribution >= 0.6 is 35.3 Å². The summed E-state index contributed by atoms with van der Waals surface area (Å²) in [5.41, 5.74) is 0.743. The number of hydrogen-bond donors (Lipinski definition) is 2. The first-order valence-corrected chi connectivity index (χ1v) is 16.0. The van der Waals surface area contributed by atoms with Crippen molar-refractivity contribution in [3.63, 3.8) is 0 Å². The van der Waals surface area contributed by atoms with Gasteiger partial charge >= 0.3 is 0 Å². The van der Waals surface area contributed by atoms with E-state index >= 15 is 0 Å². The van der Waals surface area contributed by atoms with Crippen LogP contribution in [0.3, 0.4) is 0 Å². The van der Waals surface area contributed by atoms with E-state index in [2.05, 4.69) is 13.8 Å². The molecule has 0 fully saturated rings. The molecule has 2 aromatic rings. The highest BCUT2D eigenvalue weighted by molar-refractivity contribution is 8.00. The molecule has 36 heavy (non-hydrogen) atoms. The van der Waals surface area contributed by atoms with E-state index in [1.807, 2.05) is 25.6 Å². The van der Waals surface area contributed by atoms with Crippen molar-refractivity contribution in [2.24, 2.45) is 0 Å². The third-order valence-electron chi connectivity index (χ3n) is 7.72. The molecule has 0 radical (unpaired) electrons. The van der Waals surface area contributed by atoms with Crippen molar-refractivity contribution in [1.82, 2.24) is 9.13 Å². The third-order valence-corrected chi connectivity index (χ3v) is 11.0. The Morgan fingerprint density at radius 3 is 1.92 bits per heavy atom. The molecule has 4 heterocycles. The zero-order valence-corrected chi connectivity index (χ0v) is 24.2. The molecule has 0 saturated carbocycles. The summed E-state index contributed by atoms with van der Waals surface area (Å²) in [6.07, 6.45) is 5.94. The molecular weight excluding hydrogens is 513 g/mol.